The molecule has 5 nitrogen and oxygen atoms in total. The molecule has 15 heavy (non-hydrogen) atoms. The Balaban J connectivity index is 2.95. The van der Waals surface area contributed by atoms with Gasteiger partial charge < -0.3 is 16.2 Å². The molecule has 0 aliphatic carbocycles. The van der Waals surface area contributed by atoms with E-state index in [0.717, 1.165) is 6.07 Å². The van der Waals surface area contributed by atoms with Crippen LogP contribution in [0.2, 0.25) is 0 Å². The summed E-state index contributed by atoms with van der Waals surface area (Å²) in [6, 6.07) is 0.728. The molecule has 0 radical (unpaired) electrons. The molecule has 8 heteroatoms. The number of nitrogen functional groups attached to an aromatic ring is 1. The fourth-order valence-corrected chi connectivity index (χ4v) is 0.886. The Morgan fingerprint density at radius 1 is 1.40 bits per heavy atom. The summed E-state index contributed by atoms with van der Waals surface area (Å²) in [6.07, 6.45) is -4.56. The van der Waals surface area contributed by atoms with Gasteiger partial charge in [-0.2, -0.15) is 18.2 Å². The maximum Gasteiger partial charge on any atom is 0.433 e. The first-order chi connectivity index (χ1) is 6.93. The van der Waals surface area contributed by atoms with Crippen molar-refractivity contribution in [3.05, 3.63) is 11.8 Å². The molecule has 0 unspecified atom stereocenters. The lowest BCUT2D eigenvalue weighted by molar-refractivity contribution is -0.141. The van der Waals surface area contributed by atoms with Gasteiger partial charge in [0.25, 0.3) is 0 Å². The Bertz CT molecular complexity index is 341. The number of aromatic nitrogens is 2. The van der Waals surface area contributed by atoms with Gasteiger partial charge in [0, 0.05) is 12.6 Å². The number of halogens is 3. The summed E-state index contributed by atoms with van der Waals surface area (Å²) >= 11 is 0. The van der Waals surface area contributed by atoms with Crippen LogP contribution in [0.5, 0.6) is 0 Å². The first-order valence-electron chi connectivity index (χ1n) is 4.00. The number of alkyl halides is 3. The number of nitrogens with one attached hydrogen (secondary N) is 1. The molecule has 84 valence electrons. The van der Waals surface area contributed by atoms with E-state index in [1.165, 1.54) is 0 Å². The third-order valence-electron chi connectivity index (χ3n) is 1.45. The van der Waals surface area contributed by atoms with Gasteiger partial charge in [-0.25, -0.2) is 4.98 Å². The number of nitrogens with zero attached hydrogens (tertiary/aromatic N) is 2. The molecular formula is C7H9F3N4O. The molecule has 0 aliphatic heterocycles. The minimum absolute atomic E-state index is 0.0659. The van der Waals surface area contributed by atoms with Gasteiger partial charge in [0.15, 0.2) is 5.69 Å². The Hall–Kier alpha value is -1.57. The van der Waals surface area contributed by atoms with Crippen molar-refractivity contribution in [3.63, 3.8) is 0 Å². The van der Waals surface area contributed by atoms with Crippen molar-refractivity contribution in [1.82, 2.24) is 9.97 Å². The van der Waals surface area contributed by atoms with Crippen LogP contribution in [-0.2, 0) is 6.18 Å². The Morgan fingerprint density at radius 3 is 2.60 bits per heavy atom. The smallest absolute Gasteiger partial charge is 0.395 e. The monoisotopic (exact) mass is 222 g/mol. The summed E-state index contributed by atoms with van der Waals surface area (Å²) in [5.74, 6) is -0.533. The lowest BCUT2D eigenvalue weighted by atomic mass is 10.4. The second kappa shape index (κ2) is 4.30. The summed E-state index contributed by atoms with van der Waals surface area (Å²) < 4.78 is 36.7. The second-order valence-corrected chi connectivity index (χ2v) is 2.64. The zero-order valence-electron chi connectivity index (χ0n) is 7.54. The quantitative estimate of drug-likeness (QED) is 0.692. The number of anilines is 2. The van der Waals surface area contributed by atoms with E-state index in [4.69, 9.17) is 10.8 Å². The van der Waals surface area contributed by atoms with Gasteiger partial charge in [-0.05, 0) is 0 Å². The van der Waals surface area contributed by atoms with Gasteiger partial charge in [0.2, 0.25) is 5.95 Å². The van der Waals surface area contributed by atoms with Crippen LogP contribution in [0, 0.1) is 0 Å². The third kappa shape index (κ3) is 3.24. The van der Waals surface area contributed by atoms with Gasteiger partial charge in [-0.15, -0.1) is 0 Å². The predicted molar refractivity (Wildman–Crippen MR) is 47.0 cm³/mol. The van der Waals surface area contributed by atoms with Crippen molar-refractivity contribution in [2.75, 3.05) is 24.2 Å². The highest BCUT2D eigenvalue weighted by atomic mass is 19.4. The lowest BCUT2D eigenvalue weighted by Gasteiger charge is -2.09. The van der Waals surface area contributed by atoms with E-state index in [9.17, 15) is 13.2 Å². The molecule has 0 bridgehead atoms. The van der Waals surface area contributed by atoms with Crippen molar-refractivity contribution in [2.24, 2.45) is 0 Å². The SMILES string of the molecule is Nc1nc(NCCO)cc(C(F)(F)F)n1. The van der Waals surface area contributed by atoms with Crippen LogP contribution < -0.4 is 11.1 Å². The first kappa shape index (κ1) is 11.5. The van der Waals surface area contributed by atoms with Crippen LogP contribution in [0.4, 0.5) is 24.9 Å². The zero-order valence-corrected chi connectivity index (χ0v) is 7.54. The van der Waals surface area contributed by atoms with Gasteiger partial charge in [0.1, 0.15) is 5.82 Å². The number of aliphatic hydroxyl groups is 1. The van der Waals surface area contributed by atoms with Crippen molar-refractivity contribution in [2.45, 2.75) is 6.18 Å². The van der Waals surface area contributed by atoms with Gasteiger partial charge >= 0.3 is 6.18 Å². The minimum atomic E-state index is -4.56. The average molecular weight is 222 g/mol. The van der Waals surface area contributed by atoms with E-state index in [2.05, 4.69) is 15.3 Å². The molecular weight excluding hydrogens is 213 g/mol. The topological polar surface area (TPSA) is 84.1 Å². The fourth-order valence-electron chi connectivity index (χ4n) is 0.886. The normalized spacial score (nSPS) is 11.5. The highest BCUT2D eigenvalue weighted by Gasteiger charge is 2.33. The van der Waals surface area contributed by atoms with Crippen LogP contribution in [-0.4, -0.2) is 28.2 Å². The van der Waals surface area contributed by atoms with E-state index < -0.39 is 17.8 Å². The van der Waals surface area contributed by atoms with E-state index in [-0.39, 0.29) is 19.0 Å². The molecule has 1 rings (SSSR count). The molecule has 0 aromatic carbocycles. The zero-order chi connectivity index (χ0) is 11.5. The van der Waals surface area contributed by atoms with Crippen LogP contribution >= 0.6 is 0 Å². The third-order valence-corrected chi connectivity index (χ3v) is 1.45. The van der Waals surface area contributed by atoms with Gasteiger partial charge in [-0.3, -0.25) is 0 Å². The summed E-state index contributed by atoms with van der Waals surface area (Å²) in [7, 11) is 0. The Morgan fingerprint density at radius 2 is 2.07 bits per heavy atom. The Kier molecular flexibility index (Phi) is 3.30. The molecule has 0 amide bonds. The molecule has 4 N–H and O–H groups in total. The molecule has 0 aliphatic rings. The summed E-state index contributed by atoms with van der Waals surface area (Å²) in [4.78, 5) is 6.58. The van der Waals surface area contributed by atoms with Crippen molar-refractivity contribution >= 4 is 11.8 Å². The molecule has 0 fully saturated rings. The number of hydrogen-bond donors (Lipinski definition) is 3. The van der Waals surface area contributed by atoms with Crippen LogP contribution in [0.15, 0.2) is 6.07 Å². The number of rotatable bonds is 3. The molecule has 1 heterocycles. The van der Waals surface area contributed by atoms with Crippen LogP contribution in [0.25, 0.3) is 0 Å². The molecule has 1 aromatic rings. The van der Waals surface area contributed by atoms with Crippen LogP contribution in [0.1, 0.15) is 5.69 Å². The number of aliphatic hydroxyl groups excluding tert-OH is 1. The molecule has 0 saturated carbocycles. The average Bonchev–Trinajstić information content (AvgIpc) is 2.12. The van der Waals surface area contributed by atoms with Crippen molar-refractivity contribution < 1.29 is 18.3 Å². The predicted octanol–water partition coefficient (Wildman–Crippen LogP) is 0.482. The first-order valence-corrected chi connectivity index (χ1v) is 4.00. The van der Waals surface area contributed by atoms with Crippen molar-refractivity contribution in [3.8, 4) is 0 Å². The van der Waals surface area contributed by atoms with Crippen molar-refractivity contribution in [1.29, 1.82) is 0 Å². The molecule has 0 atom stereocenters. The summed E-state index contributed by atoms with van der Waals surface area (Å²) in [5.41, 5.74) is 3.99. The maximum atomic E-state index is 12.2. The standard InChI is InChI=1S/C7H9F3N4O/c8-7(9,10)4-3-5(12-1-2-15)14-6(11)13-4/h3,15H,1-2H2,(H3,11,12,13,14). The largest absolute Gasteiger partial charge is 0.433 e. The second-order valence-electron chi connectivity index (χ2n) is 2.64. The highest BCUT2D eigenvalue weighted by molar-refractivity contribution is 5.41. The lowest BCUT2D eigenvalue weighted by Crippen LogP contribution is -2.14. The molecule has 0 saturated heterocycles. The maximum absolute atomic E-state index is 12.2. The highest BCUT2D eigenvalue weighted by Crippen LogP contribution is 2.29. The number of nitrogens with two attached hydrogens (primary N) is 1. The fraction of sp³-hybridized carbons (Fsp3) is 0.429. The van der Waals surface area contributed by atoms with E-state index >= 15 is 0 Å². The summed E-state index contributed by atoms with van der Waals surface area (Å²) in [5, 5.41) is 10.9. The van der Waals surface area contributed by atoms with Gasteiger partial charge in [0.05, 0.1) is 6.61 Å². The van der Waals surface area contributed by atoms with Crippen LogP contribution in [0.3, 0.4) is 0 Å². The van der Waals surface area contributed by atoms with E-state index in [1.807, 2.05) is 0 Å². The molecule has 0 spiro atoms. The van der Waals surface area contributed by atoms with E-state index in [0.29, 0.717) is 0 Å². The molecule has 1 aromatic heterocycles. The van der Waals surface area contributed by atoms with E-state index in [1.54, 1.807) is 0 Å². The minimum Gasteiger partial charge on any atom is -0.395 e. The number of hydrogen-bond acceptors (Lipinski definition) is 5. The summed E-state index contributed by atoms with van der Waals surface area (Å²) in [6.45, 7) is -0.126. The Labute approximate surface area is 83.1 Å². The van der Waals surface area contributed by atoms with Gasteiger partial charge in [-0.1, -0.05) is 0 Å².